The molecular weight excluding hydrogens is 542 g/mol. The number of amides is 2. The number of halogens is 2. The Balaban J connectivity index is 1.29. The van der Waals surface area contributed by atoms with Gasteiger partial charge >= 0.3 is 0 Å². The zero-order valence-corrected chi connectivity index (χ0v) is 22.1. The SMILES string of the molecule is COc1cc(C(=O)N2CCN(C(=O)c3ccc(F)c(F)c3)CC2)ccc1NS(=O)(=O)c1cccc2cccnc12. The minimum atomic E-state index is -4.04. The van der Waals surface area contributed by atoms with E-state index >= 15 is 0 Å². The van der Waals surface area contributed by atoms with Crippen molar-refractivity contribution < 1.29 is 31.5 Å². The van der Waals surface area contributed by atoms with Gasteiger partial charge in [-0.25, -0.2) is 17.2 Å². The molecule has 0 atom stereocenters. The number of carbonyl (C=O) groups excluding carboxylic acids is 2. The summed E-state index contributed by atoms with van der Waals surface area (Å²) in [7, 11) is -2.67. The van der Waals surface area contributed by atoms with Crippen LogP contribution in [0, 0.1) is 11.6 Å². The molecule has 1 aliphatic heterocycles. The van der Waals surface area contributed by atoms with Crippen LogP contribution in [0.1, 0.15) is 20.7 Å². The van der Waals surface area contributed by atoms with Gasteiger partial charge in [-0.1, -0.05) is 18.2 Å². The van der Waals surface area contributed by atoms with Crippen molar-refractivity contribution in [2.75, 3.05) is 38.0 Å². The second-order valence-electron chi connectivity index (χ2n) is 9.07. The number of benzene rings is 3. The minimum absolute atomic E-state index is 0.00333. The number of anilines is 1. The molecule has 206 valence electrons. The number of nitrogens with zero attached hydrogens (tertiary/aromatic N) is 3. The highest BCUT2D eigenvalue weighted by molar-refractivity contribution is 7.93. The van der Waals surface area contributed by atoms with Crippen LogP contribution in [-0.4, -0.2) is 68.3 Å². The molecule has 0 saturated carbocycles. The molecule has 12 heteroatoms. The molecule has 0 aliphatic carbocycles. The van der Waals surface area contributed by atoms with Crippen LogP contribution in [-0.2, 0) is 10.0 Å². The Kier molecular flexibility index (Phi) is 7.35. The monoisotopic (exact) mass is 566 g/mol. The zero-order valence-electron chi connectivity index (χ0n) is 21.3. The molecule has 0 unspecified atom stereocenters. The van der Waals surface area contributed by atoms with Gasteiger partial charge in [-0.3, -0.25) is 19.3 Å². The third-order valence-electron chi connectivity index (χ3n) is 6.60. The highest BCUT2D eigenvalue weighted by atomic mass is 32.2. The normalized spacial score (nSPS) is 13.8. The van der Waals surface area contributed by atoms with E-state index in [0.29, 0.717) is 10.9 Å². The molecule has 0 radical (unpaired) electrons. The van der Waals surface area contributed by atoms with E-state index in [1.807, 2.05) is 0 Å². The maximum Gasteiger partial charge on any atom is 0.264 e. The maximum absolute atomic E-state index is 13.5. The summed E-state index contributed by atoms with van der Waals surface area (Å²) in [6.45, 7) is 0.855. The third kappa shape index (κ3) is 5.30. The van der Waals surface area contributed by atoms with Crippen LogP contribution < -0.4 is 9.46 Å². The van der Waals surface area contributed by atoms with Gasteiger partial charge in [0.1, 0.15) is 10.6 Å². The van der Waals surface area contributed by atoms with E-state index in [9.17, 15) is 26.8 Å². The first-order valence-electron chi connectivity index (χ1n) is 12.3. The first-order valence-corrected chi connectivity index (χ1v) is 13.7. The summed E-state index contributed by atoms with van der Waals surface area (Å²) in [4.78, 5) is 33.1. The first kappa shape index (κ1) is 27.0. The molecule has 3 aromatic carbocycles. The van der Waals surface area contributed by atoms with Gasteiger partial charge in [0, 0.05) is 48.9 Å². The molecule has 2 amide bonds. The molecule has 1 N–H and O–H groups in total. The van der Waals surface area contributed by atoms with E-state index < -0.39 is 27.6 Å². The number of fused-ring (bicyclic) bond motifs is 1. The van der Waals surface area contributed by atoms with Gasteiger partial charge in [0.2, 0.25) is 0 Å². The number of hydrogen-bond donors (Lipinski definition) is 1. The van der Waals surface area contributed by atoms with Gasteiger partial charge in [0.25, 0.3) is 21.8 Å². The number of hydrogen-bond acceptors (Lipinski definition) is 6. The Bertz CT molecular complexity index is 1720. The lowest BCUT2D eigenvalue weighted by atomic mass is 10.1. The van der Waals surface area contributed by atoms with E-state index in [2.05, 4.69) is 9.71 Å². The van der Waals surface area contributed by atoms with Gasteiger partial charge in [0.05, 0.1) is 18.3 Å². The van der Waals surface area contributed by atoms with E-state index in [1.165, 1.54) is 48.5 Å². The molecule has 1 aromatic heterocycles. The number of nitrogens with one attached hydrogen (secondary N) is 1. The van der Waals surface area contributed by atoms with Crippen molar-refractivity contribution in [3.63, 3.8) is 0 Å². The summed E-state index contributed by atoms with van der Waals surface area (Å²) >= 11 is 0. The van der Waals surface area contributed by atoms with E-state index in [4.69, 9.17) is 4.74 Å². The summed E-state index contributed by atoms with van der Waals surface area (Å²) in [5.74, 6) is -2.77. The van der Waals surface area contributed by atoms with Crippen molar-refractivity contribution in [2.24, 2.45) is 0 Å². The molecule has 40 heavy (non-hydrogen) atoms. The van der Waals surface area contributed by atoms with Crippen LogP contribution in [0.5, 0.6) is 5.75 Å². The van der Waals surface area contributed by atoms with Crippen molar-refractivity contribution in [3.05, 3.63) is 95.7 Å². The maximum atomic E-state index is 13.5. The summed E-state index contributed by atoms with van der Waals surface area (Å²) in [5, 5.41) is 0.671. The molecule has 2 heterocycles. The molecule has 1 aliphatic rings. The molecule has 0 spiro atoms. The number of rotatable bonds is 6. The van der Waals surface area contributed by atoms with Crippen molar-refractivity contribution in [1.29, 1.82) is 0 Å². The predicted octanol–water partition coefficient (Wildman–Crippen LogP) is 3.92. The molecule has 1 saturated heterocycles. The Morgan fingerprint density at radius 3 is 2.12 bits per heavy atom. The fraction of sp³-hybridized carbons (Fsp3) is 0.179. The predicted molar refractivity (Wildman–Crippen MR) is 144 cm³/mol. The van der Waals surface area contributed by atoms with Crippen LogP contribution in [0.15, 0.2) is 77.8 Å². The second-order valence-corrected chi connectivity index (χ2v) is 10.7. The van der Waals surface area contributed by atoms with E-state index in [-0.39, 0.29) is 59.5 Å². The van der Waals surface area contributed by atoms with Crippen LogP contribution in [0.2, 0.25) is 0 Å². The summed E-state index contributed by atoms with van der Waals surface area (Å²) in [5.41, 5.74) is 0.770. The number of pyridine rings is 1. The lowest BCUT2D eigenvalue weighted by Gasteiger charge is -2.35. The second kappa shape index (κ2) is 10.9. The molecule has 9 nitrogen and oxygen atoms in total. The highest BCUT2D eigenvalue weighted by Crippen LogP contribution is 2.30. The quantitative estimate of drug-likeness (QED) is 0.379. The van der Waals surface area contributed by atoms with Gasteiger partial charge < -0.3 is 14.5 Å². The minimum Gasteiger partial charge on any atom is -0.495 e. The highest BCUT2D eigenvalue weighted by Gasteiger charge is 2.27. The van der Waals surface area contributed by atoms with Crippen LogP contribution in [0.4, 0.5) is 14.5 Å². The van der Waals surface area contributed by atoms with Crippen molar-refractivity contribution in [2.45, 2.75) is 4.90 Å². The standard InChI is InChI=1S/C28H24F2N4O5S/c1-39-24-17-20(8-10-23(24)32-40(37,38)25-6-2-4-18-5-3-11-31-26(18)25)28(36)34-14-12-33(13-15-34)27(35)19-7-9-21(29)22(30)16-19/h2-11,16-17,32H,12-15H2,1H3. The van der Waals surface area contributed by atoms with Crippen LogP contribution in [0.25, 0.3) is 10.9 Å². The number of aromatic nitrogens is 1. The Morgan fingerprint density at radius 1 is 0.850 bits per heavy atom. The number of methoxy groups -OCH3 is 1. The van der Waals surface area contributed by atoms with Gasteiger partial charge in [0.15, 0.2) is 11.6 Å². The lowest BCUT2D eigenvalue weighted by molar-refractivity contribution is 0.0535. The van der Waals surface area contributed by atoms with Crippen molar-refractivity contribution in [1.82, 2.24) is 14.8 Å². The number of piperazine rings is 1. The average molecular weight is 567 g/mol. The summed E-state index contributed by atoms with van der Waals surface area (Å²) in [6.07, 6.45) is 1.51. The number of carbonyl (C=O) groups is 2. The van der Waals surface area contributed by atoms with Crippen LogP contribution in [0.3, 0.4) is 0 Å². The van der Waals surface area contributed by atoms with Gasteiger partial charge in [-0.05, 0) is 48.5 Å². The number of ether oxygens (including phenoxy) is 1. The Morgan fingerprint density at radius 2 is 1.48 bits per heavy atom. The Labute approximate surface area is 229 Å². The van der Waals surface area contributed by atoms with Gasteiger partial charge in [-0.2, -0.15) is 0 Å². The fourth-order valence-electron chi connectivity index (χ4n) is 4.51. The molecule has 5 rings (SSSR count). The molecular formula is C28H24F2N4O5S. The Hall–Kier alpha value is -4.58. The smallest absolute Gasteiger partial charge is 0.264 e. The summed E-state index contributed by atoms with van der Waals surface area (Å²) in [6, 6.07) is 15.7. The number of para-hydroxylation sites is 1. The fourth-order valence-corrected chi connectivity index (χ4v) is 5.76. The largest absolute Gasteiger partial charge is 0.495 e. The van der Waals surface area contributed by atoms with Gasteiger partial charge in [-0.15, -0.1) is 0 Å². The average Bonchev–Trinajstić information content (AvgIpc) is 2.97. The topological polar surface area (TPSA) is 109 Å². The molecule has 1 fully saturated rings. The van der Waals surface area contributed by atoms with Crippen molar-refractivity contribution >= 4 is 38.4 Å². The zero-order chi connectivity index (χ0) is 28.4. The molecule has 4 aromatic rings. The van der Waals surface area contributed by atoms with Crippen molar-refractivity contribution in [3.8, 4) is 5.75 Å². The summed E-state index contributed by atoms with van der Waals surface area (Å²) < 4.78 is 61.1. The first-order chi connectivity index (χ1) is 19.2. The van der Waals surface area contributed by atoms with E-state index in [1.54, 1.807) is 29.2 Å². The molecule has 0 bridgehead atoms. The third-order valence-corrected chi connectivity index (χ3v) is 8.00. The number of sulfonamides is 1. The lowest BCUT2D eigenvalue weighted by Crippen LogP contribution is -2.50. The van der Waals surface area contributed by atoms with Crippen LogP contribution >= 0.6 is 0 Å². The van der Waals surface area contributed by atoms with E-state index in [0.717, 1.165) is 12.1 Å².